The third kappa shape index (κ3) is 4.27. The number of aliphatic hydroxyl groups is 1. The van der Waals surface area contributed by atoms with Crippen LogP contribution in [0, 0.1) is 0 Å². The number of ether oxygens (including phenoxy) is 4. The predicted octanol–water partition coefficient (Wildman–Crippen LogP) is 2.35. The molecule has 138 valence electrons. The van der Waals surface area contributed by atoms with Crippen LogP contribution in [0.25, 0.3) is 0 Å². The Labute approximate surface area is 148 Å². The van der Waals surface area contributed by atoms with Gasteiger partial charge in [0.1, 0.15) is 18.3 Å². The normalized spacial score (nSPS) is 31.8. The highest BCUT2D eigenvalue weighted by Crippen LogP contribution is 2.36. The summed E-state index contributed by atoms with van der Waals surface area (Å²) in [5.41, 5.74) is 0.701. The van der Waals surface area contributed by atoms with Gasteiger partial charge in [-0.25, -0.2) is 0 Å². The molecule has 1 aromatic carbocycles. The molecule has 2 aliphatic heterocycles. The maximum atomic E-state index is 12.8. The van der Waals surface area contributed by atoms with Crippen molar-refractivity contribution in [2.75, 3.05) is 6.61 Å². The van der Waals surface area contributed by atoms with Gasteiger partial charge < -0.3 is 24.1 Å². The number of hydrogen-bond acceptors (Lipinski definition) is 6. The molecule has 2 aliphatic rings. The van der Waals surface area contributed by atoms with Gasteiger partial charge in [0.2, 0.25) is 0 Å². The molecule has 0 saturated carbocycles. The highest BCUT2D eigenvalue weighted by atomic mass is 16.8. The summed E-state index contributed by atoms with van der Waals surface area (Å²) >= 11 is 0. The lowest BCUT2D eigenvalue weighted by atomic mass is 9.97. The van der Waals surface area contributed by atoms with Crippen LogP contribution in [0.4, 0.5) is 0 Å². The number of aliphatic hydroxyl groups excluding tert-OH is 1. The van der Waals surface area contributed by atoms with Crippen LogP contribution in [0.3, 0.4) is 0 Å². The predicted molar refractivity (Wildman–Crippen MR) is 89.8 cm³/mol. The second kappa shape index (κ2) is 6.78. The monoisotopic (exact) mass is 350 g/mol. The van der Waals surface area contributed by atoms with E-state index in [2.05, 4.69) is 0 Å². The summed E-state index contributed by atoms with van der Waals surface area (Å²) in [6.07, 6.45) is -2.66. The summed E-state index contributed by atoms with van der Waals surface area (Å²) in [6.45, 7) is 7.51. The first-order chi connectivity index (χ1) is 11.7. The summed E-state index contributed by atoms with van der Waals surface area (Å²) in [6, 6.07) is 9.11. The second-order valence-electron chi connectivity index (χ2n) is 7.48. The third-order valence-corrected chi connectivity index (χ3v) is 4.42. The summed E-state index contributed by atoms with van der Waals surface area (Å²) in [5, 5.41) is 10.3. The Balaban J connectivity index is 1.71. The molecular weight excluding hydrogens is 324 g/mol. The number of Topliss-reactive ketones (excluding diaryl/α,β-unsaturated/α-hetero) is 1. The molecule has 2 heterocycles. The first kappa shape index (κ1) is 18.5. The van der Waals surface area contributed by atoms with Gasteiger partial charge in [-0.05, 0) is 33.3 Å². The van der Waals surface area contributed by atoms with Crippen molar-refractivity contribution in [3.8, 4) is 0 Å². The lowest BCUT2D eigenvalue weighted by molar-refractivity contribution is -0.175. The van der Waals surface area contributed by atoms with E-state index >= 15 is 0 Å². The zero-order chi connectivity index (χ0) is 18.2. The van der Waals surface area contributed by atoms with Crippen molar-refractivity contribution in [3.63, 3.8) is 0 Å². The summed E-state index contributed by atoms with van der Waals surface area (Å²) < 4.78 is 23.2. The van der Waals surface area contributed by atoms with Gasteiger partial charge >= 0.3 is 0 Å². The van der Waals surface area contributed by atoms with Gasteiger partial charge in [-0.1, -0.05) is 30.3 Å². The Bertz CT molecular complexity index is 612. The van der Waals surface area contributed by atoms with Crippen molar-refractivity contribution in [2.45, 2.75) is 70.1 Å². The third-order valence-electron chi connectivity index (χ3n) is 4.42. The van der Waals surface area contributed by atoms with Crippen LogP contribution in [0.2, 0.25) is 0 Å². The molecule has 2 fully saturated rings. The lowest BCUT2D eigenvalue weighted by Gasteiger charge is -2.23. The van der Waals surface area contributed by atoms with Gasteiger partial charge in [-0.3, -0.25) is 4.79 Å². The molecule has 2 saturated heterocycles. The van der Waals surface area contributed by atoms with Crippen molar-refractivity contribution in [1.82, 2.24) is 0 Å². The van der Waals surface area contributed by atoms with Gasteiger partial charge in [-0.2, -0.15) is 0 Å². The van der Waals surface area contributed by atoms with Gasteiger partial charge in [0.05, 0.1) is 12.7 Å². The van der Waals surface area contributed by atoms with Crippen molar-refractivity contribution >= 4 is 5.78 Å². The average Bonchev–Trinajstić information content (AvgIpc) is 3.07. The molecule has 1 aromatic rings. The van der Waals surface area contributed by atoms with E-state index in [1.165, 1.54) is 0 Å². The van der Waals surface area contributed by atoms with Crippen molar-refractivity contribution in [2.24, 2.45) is 0 Å². The molecule has 0 radical (unpaired) electrons. The van der Waals surface area contributed by atoms with Crippen LogP contribution in [-0.2, 0) is 23.7 Å². The minimum absolute atomic E-state index is 0.0401. The Hall–Kier alpha value is -1.31. The fourth-order valence-corrected chi connectivity index (χ4v) is 3.29. The Morgan fingerprint density at radius 2 is 1.80 bits per heavy atom. The molecule has 1 N–H and O–H groups in total. The molecule has 0 aromatic heterocycles. The topological polar surface area (TPSA) is 74.2 Å². The maximum absolute atomic E-state index is 12.8. The van der Waals surface area contributed by atoms with Crippen LogP contribution in [0.1, 0.15) is 45.8 Å². The fourth-order valence-electron chi connectivity index (χ4n) is 3.29. The van der Waals surface area contributed by atoms with Gasteiger partial charge in [0, 0.05) is 6.42 Å². The molecule has 3 rings (SSSR count). The number of hydrogen-bond donors (Lipinski definition) is 1. The maximum Gasteiger partial charge on any atom is 0.167 e. The Morgan fingerprint density at radius 3 is 2.40 bits per heavy atom. The van der Waals surface area contributed by atoms with Crippen LogP contribution >= 0.6 is 0 Å². The van der Waals surface area contributed by atoms with Crippen LogP contribution in [0.5, 0.6) is 0 Å². The van der Waals surface area contributed by atoms with E-state index in [0.717, 1.165) is 0 Å². The van der Waals surface area contributed by atoms with Gasteiger partial charge in [0.15, 0.2) is 17.4 Å². The average molecular weight is 350 g/mol. The fraction of sp³-hybridized carbons (Fsp3) is 0.632. The second-order valence-corrected chi connectivity index (χ2v) is 7.48. The molecule has 6 heteroatoms. The molecule has 0 unspecified atom stereocenters. The number of carbonyl (C=O) groups excluding carboxylic acids is 1. The zero-order valence-electron chi connectivity index (χ0n) is 15.1. The standard InChI is InChI=1S/C19H26O6/c1-18(2)22-11-15(23-18)17-16(24-19(3,4)25-17)14(21)10-13(20)12-8-6-5-7-9-12/h5-9,13,15-17,20H,10-11H2,1-4H3/t13-,15+,16+,17+/m1/s1. The highest BCUT2D eigenvalue weighted by Gasteiger charge is 2.52. The van der Waals surface area contributed by atoms with Crippen LogP contribution in [0.15, 0.2) is 30.3 Å². The molecule has 0 amide bonds. The largest absolute Gasteiger partial charge is 0.388 e. The van der Waals surface area contributed by atoms with Crippen LogP contribution < -0.4 is 0 Å². The molecule has 0 bridgehead atoms. The molecule has 0 spiro atoms. The number of carbonyl (C=O) groups is 1. The molecule has 25 heavy (non-hydrogen) atoms. The smallest absolute Gasteiger partial charge is 0.167 e. The SMILES string of the molecule is CC1(C)OC[C@@H]([C@@H]2OC(C)(C)O[C@H]2C(=O)C[C@@H](O)c2ccccc2)O1. The van der Waals surface area contributed by atoms with Crippen molar-refractivity contribution in [1.29, 1.82) is 0 Å². The molecule has 6 nitrogen and oxygen atoms in total. The van der Waals surface area contributed by atoms with Gasteiger partial charge in [0.25, 0.3) is 0 Å². The quantitative estimate of drug-likeness (QED) is 0.879. The summed E-state index contributed by atoms with van der Waals surface area (Å²) in [4.78, 5) is 12.8. The zero-order valence-corrected chi connectivity index (χ0v) is 15.1. The molecule has 4 atom stereocenters. The van der Waals surface area contributed by atoms with E-state index in [1.54, 1.807) is 26.0 Å². The van der Waals surface area contributed by atoms with E-state index in [1.807, 2.05) is 32.0 Å². The Morgan fingerprint density at radius 1 is 1.12 bits per heavy atom. The van der Waals surface area contributed by atoms with E-state index < -0.39 is 29.9 Å². The number of rotatable bonds is 5. The molecule has 0 aliphatic carbocycles. The molecular formula is C19H26O6. The van der Waals surface area contributed by atoms with Crippen LogP contribution in [-0.4, -0.2) is 47.4 Å². The van der Waals surface area contributed by atoms with E-state index in [9.17, 15) is 9.90 Å². The lowest BCUT2D eigenvalue weighted by Crippen LogP contribution is -2.42. The van der Waals surface area contributed by atoms with E-state index in [-0.39, 0.29) is 18.3 Å². The van der Waals surface area contributed by atoms with Gasteiger partial charge in [-0.15, -0.1) is 0 Å². The van der Waals surface area contributed by atoms with Crippen molar-refractivity contribution in [3.05, 3.63) is 35.9 Å². The Kier molecular flexibility index (Phi) is 5.01. The minimum atomic E-state index is -0.890. The van der Waals surface area contributed by atoms with E-state index in [4.69, 9.17) is 18.9 Å². The minimum Gasteiger partial charge on any atom is -0.388 e. The number of benzene rings is 1. The first-order valence-electron chi connectivity index (χ1n) is 8.60. The summed E-state index contributed by atoms with van der Waals surface area (Å²) in [5.74, 6) is -1.81. The number of ketones is 1. The summed E-state index contributed by atoms with van der Waals surface area (Å²) in [7, 11) is 0. The van der Waals surface area contributed by atoms with Crippen molar-refractivity contribution < 1.29 is 28.8 Å². The highest BCUT2D eigenvalue weighted by molar-refractivity contribution is 5.84. The first-order valence-corrected chi connectivity index (χ1v) is 8.60. The van der Waals surface area contributed by atoms with E-state index in [0.29, 0.717) is 12.2 Å².